The molecule has 0 saturated carbocycles. The Bertz CT molecular complexity index is 2630. The molecule has 1 aliphatic heterocycles. The lowest BCUT2D eigenvalue weighted by Crippen LogP contribution is -2.24. The van der Waals surface area contributed by atoms with Gasteiger partial charge in [0.25, 0.3) is 0 Å². The predicted octanol–water partition coefficient (Wildman–Crippen LogP) is 11.5. The zero-order valence-corrected chi connectivity index (χ0v) is 29.8. The number of rotatable bonds is 4. The second-order valence-electron chi connectivity index (χ2n) is 14.0. The van der Waals surface area contributed by atoms with Crippen LogP contribution in [0.5, 0.6) is 0 Å². The molecule has 5 aromatic rings. The Morgan fingerprint density at radius 1 is 0.774 bits per heavy atom. The lowest BCUT2D eigenvalue weighted by atomic mass is 9.87. The maximum absolute atomic E-state index is 10.6. The predicted molar refractivity (Wildman–Crippen MR) is 214 cm³/mol. The van der Waals surface area contributed by atoms with Crippen LogP contribution in [0.25, 0.3) is 44.9 Å². The van der Waals surface area contributed by atoms with Crippen molar-refractivity contribution < 1.29 is 0 Å². The molecule has 0 saturated heterocycles. The van der Waals surface area contributed by atoms with E-state index in [2.05, 4.69) is 115 Å². The molecule has 2 aliphatic carbocycles. The Morgan fingerprint density at radius 2 is 1.58 bits per heavy atom. The second-order valence-corrected chi connectivity index (χ2v) is 14.0. The molecule has 0 fully saturated rings. The van der Waals surface area contributed by atoms with Gasteiger partial charge in [-0.2, -0.15) is 15.8 Å². The molecule has 0 spiro atoms. The van der Waals surface area contributed by atoms with Crippen molar-refractivity contribution in [3.8, 4) is 46.1 Å². The molecule has 4 aromatic carbocycles. The van der Waals surface area contributed by atoms with Gasteiger partial charge in [-0.1, -0.05) is 93.3 Å². The third kappa shape index (κ3) is 5.82. The van der Waals surface area contributed by atoms with Crippen molar-refractivity contribution in [1.29, 1.82) is 15.8 Å². The van der Waals surface area contributed by atoms with Gasteiger partial charge in [0.1, 0.15) is 0 Å². The van der Waals surface area contributed by atoms with E-state index in [1.165, 1.54) is 10.9 Å². The summed E-state index contributed by atoms with van der Waals surface area (Å²) in [5, 5.41) is 32.1. The molecule has 254 valence electrons. The van der Waals surface area contributed by atoms with Crippen LogP contribution in [-0.2, 0) is 6.42 Å². The van der Waals surface area contributed by atoms with Crippen LogP contribution in [0, 0.1) is 45.8 Å². The molecule has 5 nitrogen and oxygen atoms in total. The number of nitriles is 3. The third-order valence-corrected chi connectivity index (χ3v) is 10.6. The standard InChI is InChI=1S/C48H37N5/c1-31-19-21-46-43(23-31)40-15-8-9-17-44(40)53(46)47-18-10-13-36(30-51)48(47)41-16-7-6-14-39(41)37-24-35(29-50)25-38(27-37)52-33(3)12-5-4-11-32(2)42-26-34(28-49)20-22-45(42)52/h4-19,21,24-27,31-32H,3,20,22-23H2,1-2H3/b11-4-,12-5-. The van der Waals surface area contributed by atoms with Gasteiger partial charge in [-0.3, -0.25) is 0 Å². The van der Waals surface area contributed by atoms with E-state index in [0.29, 0.717) is 29.9 Å². The summed E-state index contributed by atoms with van der Waals surface area (Å²) in [6.45, 7) is 8.87. The van der Waals surface area contributed by atoms with E-state index in [-0.39, 0.29) is 5.92 Å². The summed E-state index contributed by atoms with van der Waals surface area (Å²) in [5.41, 5.74) is 13.6. The number of para-hydroxylation sites is 1. The molecule has 8 rings (SSSR count). The van der Waals surface area contributed by atoms with Crippen molar-refractivity contribution in [2.45, 2.75) is 33.1 Å². The molecule has 5 heteroatoms. The first-order valence-electron chi connectivity index (χ1n) is 18.1. The van der Waals surface area contributed by atoms with Crippen molar-refractivity contribution in [1.82, 2.24) is 4.57 Å². The fourth-order valence-electron chi connectivity index (χ4n) is 8.17. The zero-order chi connectivity index (χ0) is 36.6. The van der Waals surface area contributed by atoms with Gasteiger partial charge >= 0.3 is 0 Å². The third-order valence-electron chi connectivity index (χ3n) is 10.6. The molecular weight excluding hydrogens is 647 g/mol. The van der Waals surface area contributed by atoms with E-state index < -0.39 is 0 Å². The van der Waals surface area contributed by atoms with Gasteiger partial charge in [0.15, 0.2) is 0 Å². The summed E-state index contributed by atoms with van der Waals surface area (Å²) in [6, 6.07) is 35.9. The molecule has 1 aromatic heterocycles. The SMILES string of the molecule is C=C1/C=C\C=C/C(C)C2=C(CCC(C#N)=C2)N1c1cc(C#N)cc(-c2ccccc2-c2c(C#N)cccc2-n2c3c(c4ccccc42)CC(C)C=C3)c1. The van der Waals surface area contributed by atoms with Crippen molar-refractivity contribution in [3.63, 3.8) is 0 Å². The average molecular weight is 684 g/mol. The first kappa shape index (κ1) is 33.3. The van der Waals surface area contributed by atoms with Crippen LogP contribution in [0.3, 0.4) is 0 Å². The average Bonchev–Trinajstić information content (AvgIpc) is 3.54. The van der Waals surface area contributed by atoms with Crippen LogP contribution in [0.4, 0.5) is 5.69 Å². The number of allylic oxidation sites excluding steroid dienone is 9. The molecule has 0 amide bonds. The molecule has 0 radical (unpaired) electrons. The van der Waals surface area contributed by atoms with Gasteiger partial charge in [0, 0.05) is 45.2 Å². The fraction of sp³-hybridized carbons (Fsp3) is 0.146. The van der Waals surface area contributed by atoms with E-state index in [9.17, 15) is 15.8 Å². The molecule has 53 heavy (non-hydrogen) atoms. The number of anilines is 1. The van der Waals surface area contributed by atoms with E-state index in [1.54, 1.807) is 0 Å². The van der Waals surface area contributed by atoms with Crippen LogP contribution in [0.15, 0.2) is 151 Å². The first-order chi connectivity index (χ1) is 25.9. The number of aromatic nitrogens is 1. The summed E-state index contributed by atoms with van der Waals surface area (Å²) in [7, 11) is 0. The van der Waals surface area contributed by atoms with Gasteiger partial charge in [-0.25, -0.2) is 0 Å². The number of hydrogen-bond acceptors (Lipinski definition) is 4. The number of hydrogen-bond donors (Lipinski definition) is 0. The quantitative estimate of drug-likeness (QED) is 0.189. The minimum Gasteiger partial charge on any atom is -0.314 e. The molecular formula is C48H37N5. The van der Waals surface area contributed by atoms with Gasteiger partial charge in [0.05, 0.1) is 40.5 Å². The molecule has 2 atom stereocenters. The topological polar surface area (TPSA) is 79.5 Å². The molecule has 2 unspecified atom stereocenters. The van der Waals surface area contributed by atoms with E-state index in [4.69, 9.17) is 0 Å². The molecule has 3 aliphatic rings. The van der Waals surface area contributed by atoms with Crippen LogP contribution in [0.1, 0.15) is 49.1 Å². The van der Waals surface area contributed by atoms with Gasteiger partial charge < -0.3 is 9.47 Å². The maximum atomic E-state index is 10.6. The summed E-state index contributed by atoms with van der Waals surface area (Å²) in [5.74, 6) is 0.503. The lowest BCUT2D eigenvalue weighted by molar-refractivity contribution is 0.718. The minimum absolute atomic E-state index is 0.0699. The lowest BCUT2D eigenvalue weighted by Gasteiger charge is -2.33. The van der Waals surface area contributed by atoms with Crippen molar-refractivity contribution in [2.24, 2.45) is 11.8 Å². The summed E-state index contributed by atoms with van der Waals surface area (Å²) in [4.78, 5) is 2.15. The second kappa shape index (κ2) is 13.7. The summed E-state index contributed by atoms with van der Waals surface area (Å²) < 4.78 is 2.31. The highest BCUT2D eigenvalue weighted by Crippen LogP contribution is 2.44. The Morgan fingerprint density at radius 3 is 2.40 bits per heavy atom. The van der Waals surface area contributed by atoms with Crippen LogP contribution < -0.4 is 4.90 Å². The van der Waals surface area contributed by atoms with E-state index >= 15 is 0 Å². The summed E-state index contributed by atoms with van der Waals surface area (Å²) >= 11 is 0. The number of nitrogens with zero attached hydrogens (tertiary/aromatic N) is 5. The van der Waals surface area contributed by atoms with E-state index in [0.717, 1.165) is 73.8 Å². The highest BCUT2D eigenvalue weighted by atomic mass is 15.2. The van der Waals surface area contributed by atoms with Crippen LogP contribution in [-0.4, -0.2) is 4.57 Å². The molecule has 0 N–H and O–H groups in total. The number of benzene rings is 4. The normalized spacial score (nSPS) is 19.1. The Hall–Kier alpha value is -6.87. The molecule has 0 bridgehead atoms. The fourth-order valence-corrected chi connectivity index (χ4v) is 8.17. The largest absolute Gasteiger partial charge is 0.314 e. The van der Waals surface area contributed by atoms with Crippen molar-refractivity contribution in [3.05, 3.63) is 173 Å². The first-order valence-corrected chi connectivity index (χ1v) is 18.1. The molecule has 2 heterocycles. The smallest absolute Gasteiger partial charge is 0.0998 e. The number of fused-ring (bicyclic) bond motifs is 3. The highest BCUT2D eigenvalue weighted by molar-refractivity contribution is 5.96. The Kier molecular flexibility index (Phi) is 8.60. The zero-order valence-electron chi connectivity index (χ0n) is 29.8. The monoisotopic (exact) mass is 683 g/mol. The van der Waals surface area contributed by atoms with Gasteiger partial charge in [-0.15, -0.1) is 0 Å². The Labute approximate surface area is 311 Å². The minimum atomic E-state index is 0.0699. The van der Waals surface area contributed by atoms with E-state index in [1.807, 2.05) is 60.7 Å². The Balaban J connectivity index is 1.36. The highest BCUT2D eigenvalue weighted by Gasteiger charge is 2.27. The van der Waals surface area contributed by atoms with Crippen LogP contribution >= 0.6 is 0 Å². The van der Waals surface area contributed by atoms with Crippen LogP contribution in [0.2, 0.25) is 0 Å². The summed E-state index contributed by atoms with van der Waals surface area (Å²) in [6.07, 6.45) is 16.9. The van der Waals surface area contributed by atoms with Crippen molar-refractivity contribution >= 4 is 22.7 Å². The van der Waals surface area contributed by atoms with Gasteiger partial charge in [0.2, 0.25) is 0 Å². The van der Waals surface area contributed by atoms with Gasteiger partial charge in [-0.05, 0) is 108 Å². The maximum Gasteiger partial charge on any atom is 0.0998 e. The van der Waals surface area contributed by atoms with Crippen molar-refractivity contribution in [2.75, 3.05) is 4.90 Å².